The maximum atomic E-state index is 12.4. The van der Waals surface area contributed by atoms with Crippen molar-refractivity contribution >= 4 is 29.2 Å². The fraction of sp³-hybridized carbons (Fsp3) is 0.562. The van der Waals surface area contributed by atoms with Gasteiger partial charge < -0.3 is 10.2 Å². The van der Waals surface area contributed by atoms with Crippen molar-refractivity contribution in [3.63, 3.8) is 0 Å². The molecule has 114 valence electrons. The summed E-state index contributed by atoms with van der Waals surface area (Å²) in [6.07, 6.45) is 4.21. The van der Waals surface area contributed by atoms with E-state index < -0.39 is 0 Å². The molecule has 2 atom stereocenters. The molecule has 0 saturated heterocycles. The first-order chi connectivity index (χ1) is 9.99. The summed E-state index contributed by atoms with van der Waals surface area (Å²) in [4.78, 5) is 14.2. The molecule has 21 heavy (non-hydrogen) atoms. The molecule has 1 aromatic carbocycles. The lowest BCUT2D eigenvalue weighted by Gasteiger charge is -2.27. The number of halogens is 2. The maximum Gasteiger partial charge on any atom is 0.317 e. The molecule has 0 spiro atoms. The fourth-order valence-corrected chi connectivity index (χ4v) is 3.56. The van der Waals surface area contributed by atoms with E-state index in [9.17, 15) is 4.79 Å². The van der Waals surface area contributed by atoms with Crippen molar-refractivity contribution in [1.29, 1.82) is 0 Å². The Labute approximate surface area is 135 Å². The molecule has 0 aromatic heterocycles. The van der Waals surface area contributed by atoms with Crippen LogP contribution in [0.15, 0.2) is 12.1 Å². The second-order valence-corrected chi connectivity index (χ2v) is 6.94. The Morgan fingerprint density at radius 2 is 2.05 bits per heavy atom. The third kappa shape index (κ3) is 2.86. The summed E-state index contributed by atoms with van der Waals surface area (Å²) < 4.78 is 0. The van der Waals surface area contributed by atoms with Gasteiger partial charge in [0.15, 0.2) is 0 Å². The average Bonchev–Trinajstić information content (AvgIpc) is 3.24. The number of fused-ring (bicyclic) bond motifs is 1. The zero-order chi connectivity index (χ0) is 15.1. The first-order valence-corrected chi connectivity index (χ1v) is 8.24. The van der Waals surface area contributed by atoms with Gasteiger partial charge >= 0.3 is 6.03 Å². The van der Waals surface area contributed by atoms with Crippen LogP contribution in [0, 0.1) is 5.92 Å². The van der Waals surface area contributed by atoms with E-state index in [2.05, 4.69) is 12.2 Å². The summed E-state index contributed by atoms with van der Waals surface area (Å²) >= 11 is 12.3. The molecule has 0 heterocycles. The van der Waals surface area contributed by atoms with Crippen LogP contribution in [-0.2, 0) is 6.42 Å². The van der Waals surface area contributed by atoms with Gasteiger partial charge in [0, 0.05) is 13.1 Å². The Balaban J connectivity index is 1.70. The standard InChI is InChI=1S/C16H20Cl2N2O/c1-9(10-3-4-10)20(2)16(21)19-14-8-6-12-11(14)5-7-13(17)15(12)18/h5,7,9-10,14H,3-4,6,8H2,1-2H3,(H,19,21). The van der Waals surface area contributed by atoms with Crippen molar-refractivity contribution in [2.24, 2.45) is 5.92 Å². The molecule has 3 rings (SSSR count). The van der Waals surface area contributed by atoms with Crippen LogP contribution >= 0.6 is 23.2 Å². The molecule has 0 radical (unpaired) electrons. The molecule has 2 aliphatic carbocycles. The molecule has 2 unspecified atom stereocenters. The van der Waals surface area contributed by atoms with Crippen molar-refractivity contribution in [2.45, 2.75) is 44.7 Å². The number of hydrogen-bond donors (Lipinski definition) is 1. The summed E-state index contributed by atoms with van der Waals surface area (Å²) in [7, 11) is 1.88. The smallest absolute Gasteiger partial charge is 0.317 e. The number of carbonyl (C=O) groups excluding carboxylic acids is 1. The third-order valence-corrected chi connectivity index (χ3v) is 5.67. The normalized spacial score (nSPS) is 21.8. The maximum absolute atomic E-state index is 12.4. The lowest BCUT2D eigenvalue weighted by atomic mass is 10.1. The molecule has 0 bridgehead atoms. The van der Waals surface area contributed by atoms with Crippen molar-refractivity contribution in [1.82, 2.24) is 10.2 Å². The molecule has 0 aliphatic heterocycles. The van der Waals surface area contributed by atoms with E-state index in [1.54, 1.807) is 0 Å². The number of hydrogen-bond acceptors (Lipinski definition) is 1. The van der Waals surface area contributed by atoms with E-state index >= 15 is 0 Å². The molecular formula is C16H20Cl2N2O. The second kappa shape index (κ2) is 5.69. The highest BCUT2D eigenvalue weighted by Crippen LogP contribution is 2.39. The van der Waals surface area contributed by atoms with Gasteiger partial charge in [-0.15, -0.1) is 0 Å². The van der Waals surface area contributed by atoms with Crippen LogP contribution in [0.4, 0.5) is 4.79 Å². The number of amides is 2. The van der Waals surface area contributed by atoms with Crippen molar-refractivity contribution < 1.29 is 4.79 Å². The minimum absolute atomic E-state index is 0.00155. The predicted octanol–water partition coefficient (Wildman–Crippen LogP) is 4.42. The van der Waals surface area contributed by atoms with E-state index in [4.69, 9.17) is 23.2 Å². The Morgan fingerprint density at radius 1 is 1.33 bits per heavy atom. The third-order valence-electron chi connectivity index (χ3n) is 4.82. The highest BCUT2D eigenvalue weighted by atomic mass is 35.5. The molecule has 1 aromatic rings. The van der Waals surface area contributed by atoms with E-state index in [0.717, 1.165) is 24.0 Å². The molecule has 1 fully saturated rings. The topological polar surface area (TPSA) is 32.3 Å². The van der Waals surface area contributed by atoms with Gasteiger partial charge in [0.1, 0.15) is 0 Å². The molecule has 2 amide bonds. The number of benzene rings is 1. The molecule has 5 heteroatoms. The van der Waals surface area contributed by atoms with Crippen LogP contribution in [0.2, 0.25) is 10.0 Å². The lowest BCUT2D eigenvalue weighted by molar-refractivity contribution is 0.184. The van der Waals surface area contributed by atoms with Crippen LogP contribution in [0.3, 0.4) is 0 Å². The number of urea groups is 1. The summed E-state index contributed by atoms with van der Waals surface area (Å²) in [6, 6.07) is 4.13. The SMILES string of the molecule is CC(C1CC1)N(C)C(=O)NC1CCc2c1ccc(Cl)c2Cl. The number of rotatable bonds is 3. The highest BCUT2D eigenvalue weighted by molar-refractivity contribution is 6.42. The van der Waals surface area contributed by atoms with Gasteiger partial charge in [-0.25, -0.2) is 4.79 Å². The number of nitrogens with zero attached hydrogens (tertiary/aromatic N) is 1. The molecule has 3 nitrogen and oxygen atoms in total. The van der Waals surface area contributed by atoms with Gasteiger partial charge in [0.25, 0.3) is 0 Å². The first-order valence-electron chi connectivity index (χ1n) is 7.49. The lowest BCUT2D eigenvalue weighted by Crippen LogP contribution is -2.44. The van der Waals surface area contributed by atoms with E-state index in [0.29, 0.717) is 22.0 Å². The Bertz CT molecular complexity index is 572. The Kier molecular flexibility index (Phi) is 4.06. The van der Waals surface area contributed by atoms with Crippen LogP contribution in [0.25, 0.3) is 0 Å². The number of carbonyl (C=O) groups is 1. The van der Waals surface area contributed by atoms with Gasteiger partial charge in [0.2, 0.25) is 0 Å². The van der Waals surface area contributed by atoms with Crippen molar-refractivity contribution in [3.8, 4) is 0 Å². The summed E-state index contributed by atoms with van der Waals surface area (Å²) in [5.41, 5.74) is 2.18. The minimum Gasteiger partial charge on any atom is -0.331 e. The summed E-state index contributed by atoms with van der Waals surface area (Å²) in [6.45, 7) is 2.12. The Hall–Kier alpha value is -0.930. The van der Waals surface area contributed by atoms with Gasteiger partial charge in [-0.3, -0.25) is 0 Å². The summed E-state index contributed by atoms with van der Waals surface area (Å²) in [5.74, 6) is 0.671. The zero-order valence-electron chi connectivity index (χ0n) is 12.3. The van der Waals surface area contributed by atoms with Crippen LogP contribution in [0.5, 0.6) is 0 Å². The zero-order valence-corrected chi connectivity index (χ0v) is 13.8. The minimum atomic E-state index is -0.00155. The molecule has 2 aliphatic rings. The van der Waals surface area contributed by atoms with E-state index in [1.807, 2.05) is 24.1 Å². The fourth-order valence-electron chi connectivity index (χ4n) is 3.11. The van der Waals surface area contributed by atoms with E-state index in [-0.39, 0.29) is 12.1 Å². The van der Waals surface area contributed by atoms with Gasteiger partial charge in [0.05, 0.1) is 16.1 Å². The van der Waals surface area contributed by atoms with E-state index in [1.165, 1.54) is 12.8 Å². The van der Waals surface area contributed by atoms with Crippen molar-refractivity contribution in [2.75, 3.05) is 7.05 Å². The quantitative estimate of drug-likeness (QED) is 0.876. The Morgan fingerprint density at radius 3 is 2.71 bits per heavy atom. The monoisotopic (exact) mass is 326 g/mol. The molecular weight excluding hydrogens is 307 g/mol. The number of nitrogens with one attached hydrogen (secondary N) is 1. The van der Waals surface area contributed by atoms with Crippen molar-refractivity contribution in [3.05, 3.63) is 33.3 Å². The first kappa shape index (κ1) is 15.0. The van der Waals surface area contributed by atoms with Crippen LogP contribution < -0.4 is 5.32 Å². The highest BCUT2D eigenvalue weighted by Gasteiger charge is 2.34. The van der Waals surface area contributed by atoms with Gasteiger partial charge in [-0.1, -0.05) is 29.3 Å². The largest absolute Gasteiger partial charge is 0.331 e. The summed E-state index contributed by atoms with van der Waals surface area (Å²) in [5, 5.41) is 4.35. The van der Waals surface area contributed by atoms with Gasteiger partial charge in [-0.05, 0) is 55.7 Å². The van der Waals surface area contributed by atoms with Crippen LogP contribution in [0.1, 0.15) is 43.4 Å². The molecule has 1 N–H and O–H groups in total. The average molecular weight is 327 g/mol. The van der Waals surface area contributed by atoms with Gasteiger partial charge in [-0.2, -0.15) is 0 Å². The van der Waals surface area contributed by atoms with Crippen LogP contribution in [-0.4, -0.2) is 24.0 Å². The predicted molar refractivity (Wildman–Crippen MR) is 86.0 cm³/mol. The molecule has 1 saturated carbocycles. The second-order valence-electron chi connectivity index (χ2n) is 6.16.